The smallest absolute Gasteiger partial charge is 0.239 e. The van der Waals surface area contributed by atoms with Crippen molar-refractivity contribution in [3.63, 3.8) is 0 Å². The molecule has 2 unspecified atom stereocenters. The van der Waals surface area contributed by atoms with E-state index in [-0.39, 0.29) is 11.9 Å². The van der Waals surface area contributed by atoms with Gasteiger partial charge in [0.1, 0.15) is 0 Å². The second-order valence-corrected chi connectivity index (χ2v) is 5.01. The number of hydrogen-bond donors (Lipinski definition) is 1. The number of amides is 1. The van der Waals surface area contributed by atoms with Gasteiger partial charge in [-0.05, 0) is 31.0 Å². The van der Waals surface area contributed by atoms with E-state index in [1.54, 1.807) is 11.9 Å². The number of benzene rings is 1. The minimum absolute atomic E-state index is 0.0238. The molecule has 2 N–H and O–H groups in total. The molecule has 1 rings (SSSR count). The average molecular weight is 269 g/mol. The van der Waals surface area contributed by atoms with Crippen molar-refractivity contribution in [3.05, 3.63) is 34.9 Å². The molecule has 1 aromatic rings. The lowest BCUT2D eigenvalue weighted by Gasteiger charge is -2.28. The molecule has 0 saturated carbocycles. The predicted octanol–water partition coefficient (Wildman–Crippen LogP) is 2.99. The number of halogens is 1. The first-order valence-corrected chi connectivity index (χ1v) is 6.62. The van der Waals surface area contributed by atoms with Crippen LogP contribution >= 0.6 is 11.6 Å². The van der Waals surface area contributed by atoms with Crippen molar-refractivity contribution in [2.45, 2.75) is 38.8 Å². The van der Waals surface area contributed by atoms with Crippen molar-refractivity contribution < 1.29 is 4.79 Å². The van der Waals surface area contributed by atoms with Crippen LogP contribution in [0.5, 0.6) is 0 Å². The fraction of sp³-hybridized carbons (Fsp3) is 0.500. The van der Waals surface area contributed by atoms with Crippen LogP contribution < -0.4 is 5.73 Å². The number of likely N-dealkylation sites (N-methyl/N-ethyl adjacent to an activating group) is 1. The highest BCUT2D eigenvalue weighted by Gasteiger charge is 2.22. The number of rotatable bonds is 5. The summed E-state index contributed by atoms with van der Waals surface area (Å²) < 4.78 is 0. The van der Waals surface area contributed by atoms with E-state index in [9.17, 15) is 4.79 Å². The molecular formula is C14H21ClN2O. The first kappa shape index (κ1) is 15.0. The van der Waals surface area contributed by atoms with Gasteiger partial charge < -0.3 is 10.6 Å². The quantitative estimate of drug-likeness (QED) is 0.892. The van der Waals surface area contributed by atoms with Crippen molar-refractivity contribution in [1.29, 1.82) is 0 Å². The molecule has 0 aliphatic rings. The van der Waals surface area contributed by atoms with E-state index in [4.69, 9.17) is 17.3 Å². The molecule has 18 heavy (non-hydrogen) atoms. The van der Waals surface area contributed by atoms with Gasteiger partial charge in [-0.15, -0.1) is 0 Å². The van der Waals surface area contributed by atoms with E-state index < -0.39 is 6.04 Å². The van der Waals surface area contributed by atoms with Gasteiger partial charge in [0.05, 0.1) is 12.1 Å². The zero-order valence-corrected chi connectivity index (χ0v) is 11.9. The van der Waals surface area contributed by atoms with Gasteiger partial charge in [-0.1, -0.05) is 37.1 Å². The van der Waals surface area contributed by atoms with Crippen molar-refractivity contribution >= 4 is 17.5 Å². The van der Waals surface area contributed by atoms with Crippen LogP contribution in [0.25, 0.3) is 0 Å². The summed E-state index contributed by atoms with van der Waals surface area (Å²) in [6, 6.07) is 7.11. The fourth-order valence-corrected chi connectivity index (χ4v) is 2.08. The molecule has 100 valence electrons. The molecule has 0 saturated heterocycles. The molecular weight excluding hydrogens is 248 g/mol. The maximum atomic E-state index is 12.1. The highest BCUT2D eigenvalue weighted by molar-refractivity contribution is 6.30. The number of carbonyl (C=O) groups excluding carboxylic acids is 1. The van der Waals surface area contributed by atoms with Crippen LogP contribution in [0.2, 0.25) is 5.02 Å². The van der Waals surface area contributed by atoms with Crippen molar-refractivity contribution in [2.24, 2.45) is 5.73 Å². The average Bonchev–Trinajstić information content (AvgIpc) is 2.36. The normalized spacial score (nSPS) is 14.1. The number of carbonyl (C=O) groups is 1. The molecule has 0 heterocycles. The van der Waals surface area contributed by atoms with E-state index in [1.165, 1.54) is 0 Å². The molecule has 0 aliphatic carbocycles. The topological polar surface area (TPSA) is 46.3 Å². The molecule has 1 aromatic carbocycles. The second-order valence-electron chi connectivity index (χ2n) is 4.58. The predicted molar refractivity (Wildman–Crippen MR) is 75.5 cm³/mol. The van der Waals surface area contributed by atoms with E-state index in [2.05, 4.69) is 0 Å². The van der Waals surface area contributed by atoms with Gasteiger partial charge in [-0.25, -0.2) is 0 Å². The van der Waals surface area contributed by atoms with Gasteiger partial charge in [0, 0.05) is 12.1 Å². The van der Waals surface area contributed by atoms with Gasteiger partial charge in [-0.3, -0.25) is 4.79 Å². The summed E-state index contributed by atoms with van der Waals surface area (Å²) in [4.78, 5) is 13.8. The molecule has 0 aliphatic heterocycles. The van der Waals surface area contributed by atoms with Crippen LogP contribution in [0.1, 0.15) is 38.3 Å². The largest absolute Gasteiger partial charge is 0.338 e. The Morgan fingerprint density at radius 3 is 2.72 bits per heavy atom. The van der Waals surface area contributed by atoms with Crippen LogP contribution in [0, 0.1) is 0 Å². The SMILES string of the molecule is CCCC(N)C(=O)N(C)C(C)c1cccc(Cl)c1. The summed E-state index contributed by atoms with van der Waals surface area (Å²) >= 11 is 5.96. The lowest BCUT2D eigenvalue weighted by atomic mass is 10.1. The van der Waals surface area contributed by atoms with Crippen LogP contribution in [-0.2, 0) is 4.79 Å². The summed E-state index contributed by atoms with van der Waals surface area (Å²) in [6.45, 7) is 4.00. The van der Waals surface area contributed by atoms with Crippen LogP contribution in [0.3, 0.4) is 0 Å². The van der Waals surface area contributed by atoms with Gasteiger partial charge >= 0.3 is 0 Å². The van der Waals surface area contributed by atoms with Crippen LogP contribution in [0.15, 0.2) is 24.3 Å². The third kappa shape index (κ3) is 3.72. The van der Waals surface area contributed by atoms with Crippen molar-refractivity contribution in [2.75, 3.05) is 7.05 Å². The zero-order chi connectivity index (χ0) is 13.7. The van der Waals surface area contributed by atoms with Gasteiger partial charge in [0.25, 0.3) is 0 Å². The summed E-state index contributed by atoms with van der Waals surface area (Å²) in [6.07, 6.45) is 1.62. The Morgan fingerprint density at radius 1 is 1.50 bits per heavy atom. The number of nitrogens with two attached hydrogens (primary N) is 1. The van der Waals surface area contributed by atoms with Gasteiger partial charge in [0.2, 0.25) is 5.91 Å². The Morgan fingerprint density at radius 2 is 2.17 bits per heavy atom. The first-order valence-electron chi connectivity index (χ1n) is 6.25. The lowest BCUT2D eigenvalue weighted by Crippen LogP contribution is -2.42. The molecule has 3 nitrogen and oxygen atoms in total. The summed E-state index contributed by atoms with van der Waals surface area (Å²) in [7, 11) is 1.78. The van der Waals surface area contributed by atoms with Gasteiger partial charge in [-0.2, -0.15) is 0 Å². The monoisotopic (exact) mass is 268 g/mol. The third-order valence-electron chi connectivity index (χ3n) is 3.18. The van der Waals surface area contributed by atoms with Crippen LogP contribution in [0.4, 0.5) is 0 Å². The Hall–Kier alpha value is -1.06. The molecule has 0 radical (unpaired) electrons. The Balaban J connectivity index is 2.77. The standard InChI is InChI=1S/C14H21ClN2O/c1-4-6-13(16)14(18)17(3)10(2)11-7-5-8-12(15)9-11/h5,7-10,13H,4,6,16H2,1-3H3. The first-order chi connectivity index (χ1) is 8.47. The highest BCUT2D eigenvalue weighted by atomic mass is 35.5. The Kier molecular flexibility index (Phi) is 5.63. The summed E-state index contributed by atoms with van der Waals surface area (Å²) in [5.74, 6) is -0.0238. The maximum absolute atomic E-state index is 12.1. The second kappa shape index (κ2) is 6.76. The number of nitrogens with zero attached hydrogens (tertiary/aromatic N) is 1. The van der Waals surface area contributed by atoms with E-state index in [1.807, 2.05) is 38.1 Å². The van der Waals surface area contributed by atoms with Crippen molar-refractivity contribution in [1.82, 2.24) is 4.90 Å². The van der Waals surface area contributed by atoms with Crippen molar-refractivity contribution in [3.8, 4) is 0 Å². The lowest BCUT2D eigenvalue weighted by molar-refractivity contribution is -0.133. The molecule has 0 bridgehead atoms. The van der Waals surface area contributed by atoms with E-state index in [0.717, 1.165) is 12.0 Å². The summed E-state index contributed by atoms with van der Waals surface area (Å²) in [5.41, 5.74) is 6.87. The molecule has 0 fully saturated rings. The Bertz CT molecular complexity index is 409. The zero-order valence-electron chi connectivity index (χ0n) is 11.2. The maximum Gasteiger partial charge on any atom is 0.239 e. The van der Waals surface area contributed by atoms with E-state index in [0.29, 0.717) is 11.4 Å². The van der Waals surface area contributed by atoms with Crippen LogP contribution in [-0.4, -0.2) is 23.9 Å². The summed E-state index contributed by atoms with van der Waals surface area (Å²) in [5, 5.41) is 0.679. The molecule has 1 amide bonds. The molecule has 0 aromatic heterocycles. The Labute approximate surface area is 114 Å². The highest BCUT2D eigenvalue weighted by Crippen LogP contribution is 2.22. The minimum Gasteiger partial charge on any atom is -0.338 e. The van der Waals surface area contributed by atoms with Gasteiger partial charge in [0.15, 0.2) is 0 Å². The fourth-order valence-electron chi connectivity index (χ4n) is 1.88. The number of hydrogen-bond acceptors (Lipinski definition) is 2. The van der Waals surface area contributed by atoms with E-state index >= 15 is 0 Å². The third-order valence-corrected chi connectivity index (χ3v) is 3.41. The minimum atomic E-state index is -0.415. The molecule has 4 heteroatoms. The molecule has 2 atom stereocenters. The molecule has 0 spiro atoms.